The van der Waals surface area contributed by atoms with Gasteiger partial charge in [0, 0.05) is 41.7 Å². The molecule has 13 heteroatoms. The van der Waals surface area contributed by atoms with Crippen LogP contribution in [-0.2, 0) is 55.6 Å². The highest BCUT2D eigenvalue weighted by Crippen LogP contribution is 2.42. The highest BCUT2D eigenvalue weighted by Gasteiger charge is 2.51. The van der Waals surface area contributed by atoms with Crippen LogP contribution < -0.4 is 21.9 Å². The number of nitrogens with zero attached hydrogens (tertiary/aromatic N) is 2. The molecule has 268 valence electrons. The van der Waals surface area contributed by atoms with Crippen LogP contribution in [0.4, 0.5) is 10.5 Å². The van der Waals surface area contributed by atoms with Crippen LogP contribution in [0.1, 0.15) is 74.3 Å². The molecule has 0 radical (unpaired) electrons. The van der Waals surface area contributed by atoms with Gasteiger partial charge in [-0.15, -0.1) is 0 Å². The number of pyridine rings is 2. The van der Waals surface area contributed by atoms with Crippen LogP contribution in [0.15, 0.2) is 53.3 Å². The van der Waals surface area contributed by atoms with Crippen LogP contribution in [0, 0.1) is 0 Å². The number of anilines is 1. The number of aromatic nitrogens is 2. The molecule has 6 rings (SSSR count). The normalized spacial score (nSPS) is 16.4. The SMILES string of the molecule is CCc1c2c(nc3ccc(O)cc13)-c1cc3c(c(=O)n1C2)COC(=O)C3(CC)OC(=O)OCc1ccc(NCC(CCCCN)NC(C)=O)cc1. The van der Waals surface area contributed by atoms with Crippen molar-refractivity contribution in [2.24, 2.45) is 5.73 Å². The van der Waals surface area contributed by atoms with Gasteiger partial charge < -0.3 is 40.3 Å². The Morgan fingerprint density at radius 2 is 1.88 bits per heavy atom. The number of phenols is 1. The number of hydrogen-bond acceptors (Lipinski definition) is 11. The number of hydrogen-bond donors (Lipinski definition) is 4. The Balaban J connectivity index is 1.19. The molecule has 4 aromatic rings. The minimum atomic E-state index is -1.90. The van der Waals surface area contributed by atoms with Gasteiger partial charge in [0.05, 0.1) is 29.0 Å². The number of nitrogens with one attached hydrogen (secondary N) is 2. The monoisotopic (exact) mass is 697 g/mol. The third-order valence-electron chi connectivity index (χ3n) is 9.65. The smallest absolute Gasteiger partial charge is 0.508 e. The molecule has 13 nitrogen and oxygen atoms in total. The first-order valence-electron chi connectivity index (χ1n) is 17.3. The number of benzene rings is 2. The number of ether oxygens (including phenoxy) is 3. The average molecular weight is 698 g/mol. The molecule has 2 atom stereocenters. The van der Waals surface area contributed by atoms with Crippen molar-refractivity contribution in [1.29, 1.82) is 0 Å². The number of amides is 1. The number of aryl methyl sites for hydroxylation is 1. The Bertz CT molecular complexity index is 2040. The second-order valence-corrected chi connectivity index (χ2v) is 12.9. The summed E-state index contributed by atoms with van der Waals surface area (Å²) in [7, 11) is 0. The molecule has 0 spiro atoms. The van der Waals surface area contributed by atoms with Gasteiger partial charge in [-0.25, -0.2) is 14.6 Å². The van der Waals surface area contributed by atoms with Crippen molar-refractivity contribution in [2.75, 3.05) is 18.4 Å². The number of fused-ring (bicyclic) bond motifs is 5. The number of aromatic hydroxyl groups is 1. The van der Waals surface area contributed by atoms with Crippen molar-refractivity contribution in [1.82, 2.24) is 14.9 Å². The van der Waals surface area contributed by atoms with Crippen LogP contribution >= 0.6 is 0 Å². The van der Waals surface area contributed by atoms with Crippen molar-refractivity contribution >= 4 is 34.6 Å². The number of carbonyl (C=O) groups excluding carboxylic acids is 3. The number of rotatable bonds is 13. The summed E-state index contributed by atoms with van der Waals surface area (Å²) in [6.45, 7) is 6.21. The molecular formula is C38H43N5O8. The summed E-state index contributed by atoms with van der Waals surface area (Å²) < 4.78 is 18.3. The average Bonchev–Trinajstić information content (AvgIpc) is 3.48. The van der Waals surface area contributed by atoms with E-state index in [1.54, 1.807) is 47.9 Å². The fourth-order valence-electron chi connectivity index (χ4n) is 7.03. The summed E-state index contributed by atoms with van der Waals surface area (Å²) in [5, 5.41) is 17.2. The summed E-state index contributed by atoms with van der Waals surface area (Å²) in [5.74, 6) is -0.754. The molecule has 1 amide bonds. The summed E-state index contributed by atoms with van der Waals surface area (Å²) in [4.78, 5) is 57.1. The fraction of sp³-hybridized carbons (Fsp3) is 0.395. The summed E-state index contributed by atoms with van der Waals surface area (Å²) in [6.07, 6.45) is 2.17. The molecule has 2 aliphatic heterocycles. The summed E-state index contributed by atoms with van der Waals surface area (Å²) >= 11 is 0. The Hall–Kier alpha value is -5.43. The van der Waals surface area contributed by atoms with Gasteiger partial charge >= 0.3 is 12.1 Å². The van der Waals surface area contributed by atoms with E-state index in [4.69, 9.17) is 24.9 Å². The van der Waals surface area contributed by atoms with E-state index in [0.29, 0.717) is 42.0 Å². The highest BCUT2D eigenvalue weighted by atomic mass is 16.7. The lowest BCUT2D eigenvalue weighted by molar-refractivity contribution is -0.175. The number of phenolic OH excluding ortho intramolecular Hbond substituents is 1. The molecule has 0 bridgehead atoms. The van der Waals surface area contributed by atoms with Gasteiger partial charge in [-0.3, -0.25) is 9.59 Å². The lowest BCUT2D eigenvalue weighted by Crippen LogP contribution is -2.47. The predicted molar refractivity (Wildman–Crippen MR) is 190 cm³/mol. The molecule has 0 saturated carbocycles. The number of cyclic esters (lactones) is 1. The maximum absolute atomic E-state index is 13.9. The van der Waals surface area contributed by atoms with E-state index in [2.05, 4.69) is 10.6 Å². The van der Waals surface area contributed by atoms with E-state index < -0.39 is 17.7 Å². The zero-order chi connectivity index (χ0) is 36.3. The number of nitrogens with two attached hydrogens (primary N) is 1. The summed E-state index contributed by atoms with van der Waals surface area (Å²) in [6, 6.07) is 13.9. The zero-order valence-corrected chi connectivity index (χ0v) is 29.0. The quantitative estimate of drug-likeness (QED) is 0.0983. The van der Waals surface area contributed by atoms with Crippen LogP contribution in [0.3, 0.4) is 0 Å². The minimum Gasteiger partial charge on any atom is -0.508 e. The third kappa shape index (κ3) is 6.98. The van der Waals surface area contributed by atoms with Gasteiger partial charge in [0.1, 0.15) is 19.0 Å². The Morgan fingerprint density at radius 3 is 2.59 bits per heavy atom. The molecule has 0 aliphatic carbocycles. The molecule has 4 heterocycles. The third-order valence-corrected chi connectivity index (χ3v) is 9.65. The first kappa shape index (κ1) is 35.4. The Kier molecular flexibility index (Phi) is 10.3. The molecule has 2 unspecified atom stereocenters. The van der Waals surface area contributed by atoms with Crippen LogP contribution in [0.25, 0.3) is 22.3 Å². The molecule has 51 heavy (non-hydrogen) atoms. The van der Waals surface area contributed by atoms with Crippen molar-refractivity contribution in [3.63, 3.8) is 0 Å². The summed E-state index contributed by atoms with van der Waals surface area (Å²) in [5.41, 5.74) is 8.95. The van der Waals surface area contributed by atoms with Crippen molar-refractivity contribution in [3.05, 3.63) is 86.7 Å². The lowest BCUT2D eigenvalue weighted by Gasteiger charge is -2.35. The molecule has 2 aromatic carbocycles. The molecular weight excluding hydrogens is 654 g/mol. The molecule has 0 saturated heterocycles. The van der Waals surface area contributed by atoms with Crippen LogP contribution in [0.5, 0.6) is 5.75 Å². The van der Waals surface area contributed by atoms with Gasteiger partial charge in [0.15, 0.2) is 0 Å². The molecule has 5 N–H and O–H groups in total. The van der Waals surface area contributed by atoms with Crippen LogP contribution in [0.2, 0.25) is 0 Å². The van der Waals surface area contributed by atoms with Gasteiger partial charge in [0.25, 0.3) is 5.56 Å². The Morgan fingerprint density at radius 1 is 1.10 bits per heavy atom. The number of esters is 1. The van der Waals surface area contributed by atoms with Gasteiger partial charge in [-0.1, -0.05) is 32.4 Å². The molecule has 0 fully saturated rings. The van der Waals surface area contributed by atoms with E-state index in [9.17, 15) is 24.3 Å². The minimum absolute atomic E-state index is 0.000385. The highest BCUT2D eigenvalue weighted by molar-refractivity contribution is 5.90. The van der Waals surface area contributed by atoms with E-state index in [0.717, 1.165) is 41.5 Å². The first-order chi connectivity index (χ1) is 24.6. The molecule has 2 aromatic heterocycles. The van der Waals surface area contributed by atoms with E-state index in [-0.39, 0.29) is 60.6 Å². The predicted octanol–water partition coefficient (Wildman–Crippen LogP) is 4.75. The van der Waals surface area contributed by atoms with Gasteiger partial charge in [-0.05, 0) is 79.8 Å². The van der Waals surface area contributed by atoms with Crippen molar-refractivity contribution < 1.29 is 33.7 Å². The lowest BCUT2D eigenvalue weighted by atomic mass is 9.85. The Labute approximate surface area is 295 Å². The largest absolute Gasteiger partial charge is 0.510 e. The van der Waals surface area contributed by atoms with Crippen LogP contribution in [-0.4, -0.2) is 51.8 Å². The van der Waals surface area contributed by atoms with E-state index in [1.807, 2.05) is 19.1 Å². The fourth-order valence-corrected chi connectivity index (χ4v) is 7.03. The second-order valence-electron chi connectivity index (χ2n) is 12.9. The van der Waals surface area contributed by atoms with Gasteiger partial charge in [-0.2, -0.15) is 0 Å². The van der Waals surface area contributed by atoms with Crippen molar-refractivity contribution in [2.45, 2.75) is 84.3 Å². The van der Waals surface area contributed by atoms with Crippen molar-refractivity contribution in [3.8, 4) is 17.1 Å². The topological polar surface area (TPSA) is 184 Å². The maximum Gasteiger partial charge on any atom is 0.510 e. The number of carbonyl (C=O) groups is 3. The van der Waals surface area contributed by atoms with Gasteiger partial charge in [0.2, 0.25) is 11.5 Å². The molecule has 2 aliphatic rings. The standard InChI is InChI=1S/C38H43N5O8/c1-4-27-28-16-26(45)13-14-32(28)42-34-29(27)19-43-33(34)17-31-30(35(43)46)21-49-36(47)38(31,5-2)51-37(48)50-20-23-9-11-24(12-10-23)40-18-25(41-22(3)44)8-6-7-15-39/h9-14,16-17,25,40,45H,4-8,15,18-21,39H2,1-3H3,(H,41,44). The number of unbranched alkanes of at least 4 members (excludes halogenated alkanes) is 1. The maximum atomic E-state index is 13.9. The second kappa shape index (κ2) is 14.8. The van der Waals surface area contributed by atoms with E-state index >= 15 is 0 Å². The zero-order valence-electron chi connectivity index (χ0n) is 29.0. The first-order valence-corrected chi connectivity index (χ1v) is 17.3. The van der Waals surface area contributed by atoms with E-state index in [1.165, 1.54) is 6.92 Å².